The maximum atomic E-state index is 13.5. The lowest BCUT2D eigenvalue weighted by molar-refractivity contribution is 0.0702. The summed E-state index contributed by atoms with van der Waals surface area (Å²) in [6, 6.07) is 12.1. The molecule has 0 saturated carbocycles. The zero-order valence-corrected chi connectivity index (χ0v) is 19.0. The van der Waals surface area contributed by atoms with Gasteiger partial charge in [-0.2, -0.15) is 0 Å². The minimum absolute atomic E-state index is 0.0107. The molecule has 0 bridgehead atoms. The topological polar surface area (TPSA) is 72.1 Å². The molecule has 33 heavy (non-hydrogen) atoms. The molecule has 1 fully saturated rings. The molecule has 0 radical (unpaired) electrons. The number of pyridine rings is 1. The number of piperidine rings is 1. The van der Waals surface area contributed by atoms with Crippen LogP contribution in [0.4, 0.5) is 4.39 Å². The molecule has 168 valence electrons. The first-order valence-electron chi connectivity index (χ1n) is 10.9. The number of nitrogens with zero attached hydrogens (tertiary/aromatic N) is 4. The summed E-state index contributed by atoms with van der Waals surface area (Å²) in [7, 11) is 0. The molecule has 1 atom stereocenters. The molecule has 0 aliphatic carbocycles. The number of rotatable bonds is 5. The van der Waals surface area contributed by atoms with Crippen LogP contribution in [0.1, 0.15) is 51.3 Å². The molecule has 5 rings (SSSR count). The lowest BCUT2D eigenvalue weighted by atomic mass is 9.98. The van der Waals surface area contributed by atoms with Gasteiger partial charge in [-0.25, -0.2) is 14.4 Å². The Kier molecular flexibility index (Phi) is 6.00. The average Bonchev–Trinajstić information content (AvgIpc) is 3.46. The van der Waals surface area contributed by atoms with Crippen LogP contribution in [0.15, 0.2) is 59.3 Å². The molecule has 0 N–H and O–H groups in total. The standard InChI is InChI=1S/C25H23FN4O2S/c1-16-22(33-24(29-16)21-9-2-3-10-27-21)25(31)30-11-5-7-18(15-30)23-28-14-20(32-23)13-17-6-4-8-19(26)12-17/h2-4,6,8-10,12,14,18H,5,7,11,13,15H2,1H3/t18-/m0/s1. The minimum Gasteiger partial charge on any atom is -0.445 e. The highest BCUT2D eigenvalue weighted by molar-refractivity contribution is 7.17. The van der Waals surface area contributed by atoms with Crippen molar-refractivity contribution in [1.29, 1.82) is 0 Å². The van der Waals surface area contributed by atoms with Gasteiger partial charge < -0.3 is 9.32 Å². The van der Waals surface area contributed by atoms with Crippen LogP contribution in [0.5, 0.6) is 0 Å². The second-order valence-corrected chi connectivity index (χ2v) is 9.21. The number of hydrogen-bond donors (Lipinski definition) is 0. The van der Waals surface area contributed by atoms with E-state index in [0.29, 0.717) is 36.0 Å². The summed E-state index contributed by atoms with van der Waals surface area (Å²) in [5.41, 5.74) is 2.33. The van der Waals surface area contributed by atoms with E-state index in [-0.39, 0.29) is 17.6 Å². The van der Waals surface area contributed by atoms with E-state index in [1.807, 2.05) is 36.1 Å². The van der Waals surface area contributed by atoms with Gasteiger partial charge in [0.05, 0.1) is 23.5 Å². The van der Waals surface area contributed by atoms with Crippen LogP contribution < -0.4 is 0 Å². The van der Waals surface area contributed by atoms with Gasteiger partial charge in [-0.1, -0.05) is 18.2 Å². The molecule has 1 amide bonds. The third-order valence-electron chi connectivity index (χ3n) is 5.77. The predicted octanol–water partition coefficient (Wildman–Crippen LogP) is 5.25. The summed E-state index contributed by atoms with van der Waals surface area (Å²) in [6.07, 6.45) is 5.69. The largest absolute Gasteiger partial charge is 0.445 e. The maximum Gasteiger partial charge on any atom is 0.265 e. The predicted molar refractivity (Wildman–Crippen MR) is 124 cm³/mol. The van der Waals surface area contributed by atoms with Gasteiger partial charge in [-0.15, -0.1) is 11.3 Å². The highest BCUT2D eigenvalue weighted by Gasteiger charge is 2.30. The van der Waals surface area contributed by atoms with Crippen molar-refractivity contribution in [2.45, 2.75) is 32.1 Å². The van der Waals surface area contributed by atoms with E-state index in [0.717, 1.165) is 34.8 Å². The molecular formula is C25H23FN4O2S. The van der Waals surface area contributed by atoms with Crippen molar-refractivity contribution in [1.82, 2.24) is 19.9 Å². The Hall–Kier alpha value is -3.39. The van der Waals surface area contributed by atoms with Crippen molar-refractivity contribution >= 4 is 17.2 Å². The van der Waals surface area contributed by atoms with Gasteiger partial charge in [0.1, 0.15) is 21.5 Å². The van der Waals surface area contributed by atoms with E-state index >= 15 is 0 Å². The number of carbonyl (C=O) groups excluding carboxylic acids is 1. The van der Waals surface area contributed by atoms with Crippen molar-refractivity contribution in [2.24, 2.45) is 0 Å². The number of carbonyl (C=O) groups is 1. The van der Waals surface area contributed by atoms with Crippen molar-refractivity contribution in [3.05, 3.63) is 88.5 Å². The van der Waals surface area contributed by atoms with Crippen LogP contribution in [0.2, 0.25) is 0 Å². The van der Waals surface area contributed by atoms with Gasteiger partial charge in [0.2, 0.25) is 0 Å². The van der Waals surface area contributed by atoms with Crippen molar-refractivity contribution in [3.63, 3.8) is 0 Å². The number of likely N-dealkylation sites (tertiary alicyclic amines) is 1. The summed E-state index contributed by atoms with van der Waals surface area (Å²) >= 11 is 1.38. The third kappa shape index (κ3) is 4.71. The van der Waals surface area contributed by atoms with Crippen LogP contribution in [0.25, 0.3) is 10.7 Å². The van der Waals surface area contributed by atoms with Gasteiger partial charge in [-0.05, 0) is 49.6 Å². The highest BCUT2D eigenvalue weighted by Crippen LogP contribution is 2.31. The first kappa shape index (κ1) is 21.5. The molecule has 0 unspecified atom stereocenters. The fourth-order valence-electron chi connectivity index (χ4n) is 4.14. The van der Waals surface area contributed by atoms with Gasteiger partial charge in [0, 0.05) is 25.7 Å². The monoisotopic (exact) mass is 462 g/mol. The second-order valence-electron chi connectivity index (χ2n) is 8.21. The molecular weight excluding hydrogens is 439 g/mol. The summed E-state index contributed by atoms with van der Waals surface area (Å²) in [5, 5.41) is 0.750. The number of benzene rings is 1. The van der Waals surface area contributed by atoms with Gasteiger partial charge >= 0.3 is 0 Å². The minimum atomic E-state index is -0.266. The van der Waals surface area contributed by atoms with Crippen LogP contribution in [0.3, 0.4) is 0 Å². The normalized spacial score (nSPS) is 16.2. The summed E-state index contributed by atoms with van der Waals surface area (Å²) in [5.74, 6) is 1.08. The number of hydrogen-bond acceptors (Lipinski definition) is 6. The Balaban J connectivity index is 1.29. The van der Waals surface area contributed by atoms with Crippen LogP contribution >= 0.6 is 11.3 Å². The van der Waals surface area contributed by atoms with Crippen molar-refractivity contribution < 1.29 is 13.6 Å². The highest BCUT2D eigenvalue weighted by atomic mass is 32.1. The fourth-order valence-corrected chi connectivity index (χ4v) is 5.15. The molecule has 6 nitrogen and oxygen atoms in total. The molecule has 1 saturated heterocycles. The van der Waals surface area contributed by atoms with E-state index in [9.17, 15) is 9.18 Å². The molecule has 1 aromatic carbocycles. The van der Waals surface area contributed by atoms with Gasteiger partial charge in [0.15, 0.2) is 5.89 Å². The van der Waals surface area contributed by atoms with Crippen LogP contribution in [-0.4, -0.2) is 38.8 Å². The quantitative estimate of drug-likeness (QED) is 0.405. The molecule has 4 aromatic rings. The Labute approximate surface area is 195 Å². The Morgan fingerprint density at radius 1 is 1.24 bits per heavy atom. The number of halogens is 1. The second kappa shape index (κ2) is 9.23. The zero-order chi connectivity index (χ0) is 22.8. The smallest absolute Gasteiger partial charge is 0.265 e. The van der Waals surface area contributed by atoms with Gasteiger partial charge in [-0.3, -0.25) is 9.78 Å². The molecule has 4 heterocycles. The number of oxazole rings is 1. The lowest BCUT2D eigenvalue weighted by Crippen LogP contribution is -2.39. The van der Waals surface area contributed by atoms with E-state index in [4.69, 9.17) is 4.42 Å². The maximum absolute atomic E-state index is 13.5. The van der Waals surface area contributed by atoms with Crippen molar-refractivity contribution in [3.8, 4) is 10.7 Å². The molecule has 1 aliphatic rings. The van der Waals surface area contributed by atoms with Crippen LogP contribution in [0, 0.1) is 12.7 Å². The Morgan fingerprint density at radius 3 is 2.97 bits per heavy atom. The van der Waals surface area contributed by atoms with E-state index in [1.54, 1.807) is 18.5 Å². The Bertz CT molecular complexity index is 1270. The first-order chi connectivity index (χ1) is 16.1. The fraction of sp³-hybridized carbons (Fsp3) is 0.280. The number of amides is 1. The summed E-state index contributed by atoms with van der Waals surface area (Å²) < 4.78 is 19.5. The lowest BCUT2D eigenvalue weighted by Gasteiger charge is -2.31. The number of aryl methyl sites for hydroxylation is 1. The average molecular weight is 463 g/mol. The Morgan fingerprint density at radius 2 is 2.15 bits per heavy atom. The zero-order valence-electron chi connectivity index (χ0n) is 18.2. The summed E-state index contributed by atoms with van der Waals surface area (Å²) in [4.78, 5) is 29.2. The molecule has 3 aromatic heterocycles. The number of thiazole rings is 1. The molecule has 0 spiro atoms. The van der Waals surface area contributed by atoms with Gasteiger partial charge in [0.25, 0.3) is 5.91 Å². The van der Waals surface area contributed by atoms with E-state index in [2.05, 4.69) is 15.0 Å². The summed E-state index contributed by atoms with van der Waals surface area (Å²) in [6.45, 7) is 3.11. The van der Waals surface area contributed by atoms with Crippen LogP contribution in [-0.2, 0) is 6.42 Å². The molecule has 8 heteroatoms. The SMILES string of the molecule is Cc1nc(-c2ccccn2)sc1C(=O)N1CCC[C@H](c2ncc(Cc3cccc(F)c3)o2)C1. The third-order valence-corrected chi connectivity index (χ3v) is 6.94. The van der Waals surface area contributed by atoms with E-state index < -0.39 is 0 Å². The van der Waals surface area contributed by atoms with Crippen molar-refractivity contribution in [2.75, 3.05) is 13.1 Å². The molecule has 1 aliphatic heterocycles. The van der Waals surface area contributed by atoms with E-state index in [1.165, 1.54) is 23.5 Å². The first-order valence-corrected chi connectivity index (χ1v) is 11.8. The number of aromatic nitrogens is 3.